The number of allylic oxidation sites excluding steroid dienone is 1. The fraction of sp³-hybridized carbons (Fsp3) is 0.487. The lowest BCUT2D eigenvalue weighted by Gasteiger charge is -2.27. The summed E-state index contributed by atoms with van der Waals surface area (Å²) >= 11 is 0. The van der Waals surface area contributed by atoms with Crippen LogP contribution in [0.5, 0.6) is 0 Å². The summed E-state index contributed by atoms with van der Waals surface area (Å²) in [6.07, 6.45) is 5.14. The number of aryl methyl sites for hydroxylation is 1. The zero-order valence-corrected chi connectivity index (χ0v) is 30.6. The Bertz CT molecular complexity index is 1920. The van der Waals surface area contributed by atoms with Gasteiger partial charge in [0.1, 0.15) is 29.3 Å². The van der Waals surface area contributed by atoms with Gasteiger partial charge in [-0.25, -0.2) is 22.0 Å². The fourth-order valence-corrected chi connectivity index (χ4v) is 8.97. The predicted molar refractivity (Wildman–Crippen MR) is 192 cm³/mol. The van der Waals surface area contributed by atoms with Gasteiger partial charge in [-0.05, 0) is 92.7 Å². The average molecular weight is 753 g/mol. The van der Waals surface area contributed by atoms with Crippen LogP contribution >= 0.6 is 0 Å². The van der Waals surface area contributed by atoms with E-state index < -0.39 is 68.5 Å². The molecule has 2 aliphatic heterocycles. The molecule has 53 heavy (non-hydrogen) atoms. The summed E-state index contributed by atoms with van der Waals surface area (Å²) in [7, 11) is -3.91. The van der Waals surface area contributed by atoms with Crippen molar-refractivity contribution in [2.24, 2.45) is 5.92 Å². The Balaban J connectivity index is 1.19. The third-order valence-electron chi connectivity index (χ3n) is 10.9. The number of ether oxygens (including phenoxy) is 1. The molecule has 2 aliphatic carbocycles. The molecule has 11 nitrogen and oxygen atoms in total. The molecule has 3 fully saturated rings. The number of halogens is 2. The minimum absolute atomic E-state index is 0.000408. The van der Waals surface area contributed by atoms with Gasteiger partial charge in [-0.1, -0.05) is 30.4 Å². The normalized spacial score (nSPS) is 23.9. The number of amides is 4. The molecule has 2 aromatic carbocycles. The third-order valence-corrected chi connectivity index (χ3v) is 12.8. The largest absolute Gasteiger partial charge is 0.444 e. The van der Waals surface area contributed by atoms with Crippen molar-refractivity contribution in [3.05, 3.63) is 95.6 Å². The zero-order chi connectivity index (χ0) is 38.1. The van der Waals surface area contributed by atoms with Gasteiger partial charge in [-0.15, -0.1) is 13.2 Å². The first kappa shape index (κ1) is 38.1. The fourth-order valence-electron chi connectivity index (χ4n) is 7.61. The molecule has 5 atom stereocenters. The van der Waals surface area contributed by atoms with Gasteiger partial charge in [0.15, 0.2) is 0 Å². The molecular formula is C39H46F2N4O7S. The quantitative estimate of drug-likeness (QED) is 0.186. The van der Waals surface area contributed by atoms with Crippen molar-refractivity contribution in [2.45, 2.75) is 107 Å². The van der Waals surface area contributed by atoms with Gasteiger partial charge >= 0.3 is 6.09 Å². The van der Waals surface area contributed by atoms with Crippen molar-refractivity contribution >= 4 is 33.8 Å². The number of hydrogen-bond acceptors (Lipinski definition) is 7. The molecule has 0 aromatic heterocycles. The Hall–Kier alpha value is -4.59. The van der Waals surface area contributed by atoms with Crippen LogP contribution in [-0.4, -0.2) is 71.5 Å². The van der Waals surface area contributed by atoms with Gasteiger partial charge in [0.05, 0.1) is 18.3 Å². The molecular weight excluding hydrogens is 707 g/mol. The van der Waals surface area contributed by atoms with E-state index in [1.54, 1.807) is 24.3 Å². The highest BCUT2D eigenvalue weighted by Crippen LogP contribution is 2.45. The SMILES string of the molecule is C=CCCCC(CCC(=O)N1CC(OC(=O)N2Cc3cccc(F)c3C2)CC1C(=O)NC1(C(=O)NS(=O)(=O)C2CC2)CC1C=C)c1cc(F)ccc1C. The van der Waals surface area contributed by atoms with E-state index in [0.717, 1.165) is 24.0 Å². The first-order valence-electron chi connectivity index (χ1n) is 18.1. The van der Waals surface area contributed by atoms with Crippen molar-refractivity contribution < 1.29 is 41.1 Å². The minimum Gasteiger partial charge on any atom is -0.444 e. The first-order chi connectivity index (χ1) is 25.3. The van der Waals surface area contributed by atoms with Gasteiger partial charge in [-0.2, -0.15) is 0 Å². The smallest absolute Gasteiger partial charge is 0.410 e. The molecule has 2 N–H and O–H groups in total. The number of nitrogens with one attached hydrogen (secondary N) is 2. The van der Waals surface area contributed by atoms with E-state index in [1.807, 2.05) is 6.92 Å². The number of carbonyl (C=O) groups is 4. The highest BCUT2D eigenvalue weighted by Gasteiger charge is 2.62. The second kappa shape index (κ2) is 15.4. The van der Waals surface area contributed by atoms with Crippen LogP contribution in [0.25, 0.3) is 0 Å². The summed E-state index contributed by atoms with van der Waals surface area (Å²) in [5.41, 5.74) is 1.18. The topological polar surface area (TPSA) is 142 Å². The Morgan fingerprint density at radius 2 is 1.87 bits per heavy atom. The second-order valence-corrected chi connectivity index (χ2v) is 16.6. The molecule has 6 rings (SSSR count). The number of unbranched alkanes of at least 4 members (excludes halogenated alkanes) is 1. The van der Waals surface area contributed by atoms with Crippen LogP contribution in [0.2, 0.25) is 0 Å². The van der Waals surface area contributed by atoms with Crippen LogP contribution in [0.4, 0.5) is 13.6 Å². The maximum absolute atomic E-state index is 14.4. The Kier molecular flexibility index (Phi) is 11.1. The average Bonchev–Trinajstić information content (AvgIpc) is 4.01. The molecule has 284 valence electrons. The number of carbonyl (C=O) groups excluding carboxylic acids is 4. The number of fused-ring (bicyclic) bond motifs is 1. The van der Waals surface area contributed by atoms with Crippen molar-refractivity contribution in [1.29, 1.82) is 0 Å². The van der Waals surface area contributed by atoms with Crippen LogP contribution in [0.15, 0.2) is 61.7 Å². The van der Waals surface area contributed by atoms with E-state index in [0.29, 0.717) is 36.8 Å². The summed E-state index contributed by atoms with van der Waals surface area (Å²) in [5, 5.41) is 2.08. The number of rotatable bonds is 15. The van der Waals surface area contributed by atoms with Gasteiger partial charge in [0.25, 0.3) is 5.91 Å². The summed E-state index contributed by atoms with van der Waals surface area (Å²) in [4.78, 5) is 57.5. The number of likely N-dealkylation sites (tertiary alicyclic amines) is 1. The van der Waals surface area contributed by atoms with Gasteiger partial charge < -0.3 is 15.0 Å². The number of benzene rings is 2. The highest BCUT2D eigenvalue weighted by atomic mass is 32.2. The van der Waals surface area contributed by atoms with Crippen LogP contribution < -0.4 is 10.0 Å². The van der Waals surface area contributed by atoms with Crippen LogP contribution in [0.3, 0.4) is 0 Å². The maximum Gasteiger partial charge on any atom is 0.410 e. The third kappa shape index (κ3) is 8.32. The van der Waals surface area contributed by atoms with Crippen LogP contribution in [-0.2, 0) is 42.2 Å². The minimum atomic E-state index is -3.91. The van der Waals surface area contributed by atoms with E-state index in [-0.39, 0.29) is 50.6 Å². The highest BCUT2D eigenvalue weighted by molar-refractivity contribution is 7.91. The van der Waals surface area contributed by atoms with Crippen molar-refractivity contribution in [3.8, 4) is 0 Å². The summed E-state index contributed by atoms with van der Waals surface area (Å²) in [6.45, 7) is 9.45. The summed E-state index contributed by atoms with van der Waals surface area (Å²) < 4.78 is 62.0. The second-order valence-electron chi connectivity index (χ2n) is 14.7. The number of sulfonamides is 1. The molecule has 1 saturated heterocycles. The van der Waals surface area contributed by atoms with Gasteiger partial charge in [0, 0.05) is 30.9 Å². The molecule has 2 heterocycles. The number of nitrogens with zero attached hydrogens (tertiary/aromatic N) is 2. The molecule has 5 unspecified atom stereocenters. The lowest BCUT2D eigenvalue weighted by atomic mass is 9.86. The van der Waals surface area contributed by atoms with Gasteiger partial charge in [0.2, 0.25) is 21.8 Å². The molecule has 14 heteroatoms. The van der Waals surface area contributed by atoms with Crippen molar-refractivity contribution in [3.63, 3.8) is 0 Å². The Morgan fingerprint density at radius 1 is 1.09 bits per heavy atom. The zero-order valence-electron chi connectivity index (χ0n) is 29.8. The molecule has 4 amide bonds. The van der Waals surface area contributed by atoms with E-state index >= 15 is 0 Å². The molecule has 0 spiro atoms. The molecule has 0 radical (unpaired) electrons. The number of hydrogen-bond donors (Lipinski definition) is 2. The molecule has 4 aliphatic rings. The maximum atomic E-state index is 14.4. The summed E-state index contributed by atoms with van der Waals surface area (Å²) in [5.74, 6) is -3.46. The monoisotopic (exact) mass is 752 g/mol. The predicted octanol–water partition coefficient (Wildman–Crippen LogP) is 5.28. The molecule has 0 bridgehead atoms. The standard InChI is InChI=1S/C39H46F2N4O7S/c1-4-6-7-9-25(31-18-28(40)14-12-24(31)3)13-17-35(46)45-22-29(52-38(49)44-21-26-10-8-11-33(41)32(26)23-44)19-34(45)36(47)42-39(20-27(39)5-2)37(48)43-53(50,51)30-15-16-30/h4-5,8,10-12,14,18,25,27,29-30,34H,1-2,6-7,9,13,15-17,19-23H2,3H3,(H,42,47)(H,43,48). The Labute approximate surface area is 308 Å². The van der Waals surface area contributed by atoms with E-state index in [1.165, 1.54) is 34.1 Å². The Morgan fingerprint density at radius 3 is 2.55 bits per heavy atom. The van der Waals surface area contributed by atoms with E-state index in [9.17, 15) is 36.4 Å². The van der Waals surface area contributed by atoms with Crippen molar-refractivity contribution in [1.82, 2.24) is 19.8 Å². The molecule has 2 saturated carbocycles. The lowest BCUT2D eigenvalue weighted by Crippen LogP contribution is -2.56. The molecule has 2 aromatic rings. The van der Waals surface area contributed by atoms with Crippen LogP contribution in [0, 0.1) is 24.5 Å². The van der Waals surface area contributed by atoms with Gasteiger partial charge in [-0.3, -0.25) is 24.0 Å². The lowest BCUT2D eigenvalue weighted by molar-refractivity contribution is -0.140. The van der Waals surface area contributed by atoms with E-state index in [4.69, 9.17) is 4.74 Å². The van der Waals surface area contributed by atoms with E-state index in [2.05, 4.69) is 23.2 Å². The van der Waals surface area contributed by atoms with Crippen LogP contribution in [0.1, 0.15) is 86.0 Å². The van der Waals surface area contributed by atoms with Crippen molar-refractivity contribution in [2.75, 3.05) is 6.54 Å². The first-order valence-corrected chi connectivity index (χ1v) is 19.7. The summed E-state index contributed by atoms with van der Waals surface area (Å²) in [6, 6.07) is 8.05.